The van der Waals surface area contributed by atoms with Crippen molar-refractivity contribution in [1.82, 2.24) is 14.6 Å². The van der Waals surface area contributed by atoms with Gasteiger partial charge in [0.05, 0.1) is 35.0 Å². The summed E-state index contributed by atoms with van der Waals surface area (Å²) in [7, 11) is -3.45. The number of aromatic nitrogens is 1. The van der Waals surface area contributed by atoms with Gasteiger partial charge in [-0.3, -0.25) is 4.79 Å². The Morgan fingerprint density at radius 2 is 2.07 bits per heavy atom. The van der Waals surface area contributed by atoms with Gasteiger partial charge in [0.25, 0.3) is 0 Å². The number of hydrogen-bond acceptors (Lipinski definition) is 7. The van der Waals surface area contributed by atoms with Gasteiger partial charge in [-0.1, -0.05) is 6.07 Å². The van der Waals surface area contributed by atoms with Gasteiger partial charge >= 0.3 is 0 Å². The van der Waals surface area contributed by atoms with Crippen LogP contribution in [0.4, 0.5) is 0 Å². The monoisotopic (exact) mass is 427 g/mol. The zero-order chi connectivity index (χ0) is 20.3. The Bertz CT molecular complexity index is 898. The van der Waals surface area contributed by atoms with Crippen LogP contribution >= 0.6 is 11.3 Å². The average molecular weight is 428 g/mol. The second kappa shape index (κ2) is 8.73. The summed E-state index contributed by atoms with van der Waals surface area (Å²) < 4.78 is 37.6. The minimum Gasteiger partial charge on any atom is -0.440 e. The van der Waals surface area contributed by atoms with Crippen LogP contribution in [0.2, 0.25) is 0 Å². The predicted molar refractivity (Wildman–Crippen MR) is 107 cm³/mol. The van der Waals surface area contributed by atoms with Crippen molar-refractivity contribution in [3.63, 3.8) is 0 Å². The lowest BCUT2D eigenvalue weighted by atomic mass is 10.2. The summed E-state index contributed by atoms with van der Waals surface area (Å²) >= 11 is 1.51. The average Bonchev–Trinajstić information content (AvgIpc) is 3.24. The van der Waals surface area contributed by atoms with Crippen LogP contribution in [-0.2, 0) is 26.0 Å². The molecular formula is C18H25N3O5S2. The minimum absolute atomic E-state index is 0.0480. The first-order chi connectivity index (χ1) is 13.2. The molecule has 10 heteroatoms. The number of aryl methyl sites for hydroxylation is 1. The Kier molecular flexibility index (Phi) is 6.54. The molecule has 3 rings (SSSR count). The van der Waals surface area contributed by atoms with Gasteiger partial charge in [-0.25, -0.2) is 13.4 Å². The van der Waals surface area contributed by atoms with Crippen molar-refractivity contribution in [2.75, 3.05) is 25.4 Å². The van der Waals surface area contributed by atoms with E-state index in [4.69, 9.17) is 9.15 Å². The lowest BCUT2D eigenvalue weighted by molar-refractivity contribution is -0.120. The molecule has 3 heterocycles. The maximum Gasteiger partial charge on any atom is 0.236 e. The summed E-state index contributed by atoms with van der Waals surface area (Å²) in [5, 5.41) is 4.59. The van der Waals surface area contributed by atoms with Crippen molar-refractivity contribution in [3.05, 3.63) is 29.0 Å². The molecule has 2 aromatic rings. The van der Waals surface area contributed by atoms with Gasteiger partial charge in [0.15, 0.2) is 0 Å². The summed E-state index contributed by atoms with van der Waals surface area (Å²) in [6, 6.07) is 3.81. The molecule has 2 aromatic heterocycles. The molecule has 0 spiro atoms. The van der Waals surface area contributed by atoms with Crippen molar-refractivity contribution >= 4 is 27.3 Å². The highest BCUT2D eigenvalue weighted by Gasteiger charge is 2.30. The van der Waals surface area contributed by atoms with E-state index in [1.165, 1.54) is 15.6 Å². The largest absolute Gasteiger partial charge is 0.440 e. The van der Waals surface area contributed by atoms with Crippen LogP contribution < -0.4 is 5.32 Å². The van der Waals surface area contributed by atoms with E-state index in [0.717, 1.165) is 4.88 Å². The van der Waals surface area contributed by atoms with E-state index in [2.05, 4.69) is 10.3 Å². The molecule has 28 heavy (non-hydrogen) atoms. The smallest absolute Gasteiger partial charge is 0.236 e. The van der Waals surface area contributed by atoms with Gasteiger partial charge in [0.1, 0.15) is 5.76 Å². The predicted octanol–water partition coefficient (Wildman–Crippen LogP) is 1.81. The number of rotatable bonds is 7. The second-order valence-corrected chi connectivity index (χ2v) is 9.95. The third-order valence-electron chi connectivity index (χ3n) is 4.41. The van der Waals surface area contributed by atoms with Crippen LogP contribution in [0.1, 0.15) is 25.3 Å². The van der Waals surface area contributed by atoms with Gasteiger partial charge in [-0.05, 0) is 32.2 Å². The Hall–Kier alpha value is -1.75. The lowest BCUT2D eigenvalue weighted by Crippen LogP contribution is -2.49. The normalized spacial score (nSPS) is 21.0. The van der Waals surface area contributed by atoms with E-state index in [1.54, 1.807) is 6.92 Å². The molecule has 2 atom stereocenters. The molecule has 1 fully saturated rings. The van der Waals surface area contributed by atoms with Gasteiger partial charge in [0, 0.05) is 19.6 Å². The summed E-state index contributed by atoms with van der Waals surface area (Å²) in [6.45, 7) is 6.19. The molecule has 1 aliphatic rings. The van der Waals surface area contributed by atoms with Crippen molar-refractivity contribution in [1.29, 1.82) is 0 Å². The van der Waals surface area contributed by atoms with E-state index >= 15 is 0 Å². The van der Waals surface area contributed by atoms with Crippen LogP contribution in [0.3, 0.4) is 0 Å². The van der Waals surface area contributed by atoms with Crippen LogP contribution in [0.5, 0.6) is 0 Å². The van der Waals surface area contributed by atoms with E-state index in [0.29, 0.717) is 30.4 Å². The molecule has 0 radical (unpaired) electrons. The first kappa shape index (κ1) is 21.0. The van der Waals surface area contributed by atoms with E-state index < -0.39 is 10.0 Å². The number of nitrogens with zero attached hydrogens (tertiary/aromatic N) is 2. The molecule has 1 amide bonds. The van der Waals surface area contributed by atoms with Crippen molar-refractivity contribution < 1.29 is 22.4 Å². The number of ether oxygens (including phenoxy) is 1. The third-order valence-corrected chi connectivity index (χ3v) is 7.08. The fourth-order valence-corrected chi connectivity index (χ4v) is 5.26. The fraction of sp³-hybridized carbons (Fsp3) is 0.556. The third kappa shape index (κ3) is 5.19. The Labute approximate surface area is 168 Å². The van der Waals surface area contributed by atoms with Gasteiger partial charge in [-0.2, -0.15) is 4.31 Å². The summed E-state index contributed by atoms with van der Waals surface area (Å²) in [5.41, 5.74) is 0.555. The first-order valence-corrected chi connectivity index (χ1v) is 11.6. The molecule has 1 N–H and O–H groups in total. The number of sulfonamides is 1. The molecule has 8 nitrogen and oxygen atoms in total. The zero-order valence-corrected chi connectivity index (χ0v) is 17.8. The van der Waals surface area contributed by atoms with Crippen LogP contribution in [0.15, 0.2) is 21.9 Å². The fourth-order valence-electron chi connectivity index (χ4n) is 3.12. The van der Waals surface area contributed by atoms with Crippen LogP contribution in [-0.4, -0.2) is 61.2 Å². The Morgan fingerprint density at radius 1 is 1.36 bits per heavy atom. The van der Waals surface area contributed by atoms with Gasteiger partial charge < -0.3 is 14.5 Å². The molecule has 0 aromatic carbocycles. The zero-order valence-electron chi connectivity index (χ0n) is 16.2. The van der Waals surface area contributed by atoms with Crippen molar-refractivity contribution in [2.24, 2.45) is 0 Å². The topological polar surface area (TPSA) is 102 Å². The second-order valence-electron chi connectivity index (χ2n) is 6.92. The highest BCUT2D eigenvalue weighted by Crippen LogP contribution is 2.26. The Balaban J connectivity index is 1.51. The lowest BCUT2D eigenvalue weighted by Gasteiger charge is -2.34. The molecular weight excluding hydrogens is 402 g/mol. The number of oxazole rings is 1. The number of nitrogens with one attached hydrogen (secondary N) is 1. The van der Waals surface area contributed by atoms with E-state index in [1.807, 2.05) is 31.4 Å². The molecule has 2 unspecified atom stereocenters. The number of hydrogen-bond donors (Lipinski definition) is 1. The summed E-state index contributed by atoms with van der Waals surface area (Å²) in [6.07, 6.45) is -0.228. The SMILES string of the molecule is Cc1oc(-c2cccs2)nc1CC(=O)NCCS(=O)(=O)N1CC(C)OC(C)C1. The van der Waals surface area contributed by atoms with E-state index in [-0.39, 0.29) is 36.8 Å². The van der Waals surface area contributed by atoms with Crippen molar-refractivity contribution in [3.8, 4) is 10.8 Å². The standard InChI is InChI=1S/C18H25N3O5S2/c1-12-10-21(11-13(2)25-12)28(23,24)8-6-19-17(22)9-15-14(3)26-18(20-15)16-5-4-7-27-16/h4-5,7,12-13H,6,8-11H2,1-3H3,(H,19,22). The first-order valence-electron chi connectivity index (χ1n) is 9.15. The number of morpholine rings is 1. The summed E-state index contributed by atoms with van der Waals surface area (Å²) in [5.74, 6) is 0.653. The quantitative estimate of drug-likeness (QED) is 0.723. The molecule has 0 aliphatic carbocycles. The van der Waals surface area contributed by atoms with Crippen LogP contribution in [0, 0.1) is 6.92 Å². The highest BCUT2D eigenvalue weighted by atomic mass is 32.2. The van der Waals surface area contributed by atoms with Crippen LogP contribution in [0.25, 0.3) is 10.8 Å². The molecule has 154 valence electrons. The highest BCUT2D eigenvalue weighted by molar-refractivity contribution is 7.89. The maximum absolute atomic E-state index is 12.5. The van der Waals surface area contributed by atoms with E-state index in [9.17, 15) is 13.2 Å². The molecule has 0 saturated carbocycles. The molecule has 1 aliphatic heterocycles. The molecule has 0 bridgehead atoms. The minimum atomic E-state index is -3.45. The maximum atomic E-state index is 12.5. The Morgan fingerprint density at radius 3 is 2.71 bits per heavy atom. The number of carbonyl (C=O) groups is 1. The molecule has 1 saturated heterocycles. The summed E-state index contributed by atoms with van der Waals surface area (Å²) in [4.78, 5) is 17.5. The van der Waals surface area contributed by atoms with Gasteiger partial charge in [0.2, 0.25) is 21.8 Å². The van der Waals surface area contributed by atoms with Gasteiger partial charge in [-0.15, -0.1) is 11.3 Å². The number of carbonyl (C=O) groups excluding carboxylic acids is 1. The van der Waals surface area contributed by atoms with Crippen molar-refractivity contribution in [2.45, 2.75) is 39.4 Å². The number of amides is 1. The number of thiophene rings is 1.